The van der Waals surface area contributed by atoms with Gasteiger partial charge in [-0.05, 0) is 40.6 Å². The predicted octanol–water partition coefficient (Wildman–Crippen LogP) is 2.55. The summed E-state index contributed by atoms with van der Waals surface area (Å²) in [6.07, 6.45) is -0.980. The van der Waals surface area contributed by atoms with Crippen LogP contribution >= 0.6 is 22.9 Å². The second-order valence-corrected chi connectivity index (χ2v) is 6.95. The zero-order chi connectivity index (χ0) is 14.8. The molecule has 108 valence electrons. The van der Waals surface area contributed by atoms with Crippen molar-refractivity contribution in [2.24, 2.45) is 0 Å². The van der Waals surface area contributed by atoms with Gasteiger partial charge in [0.15, 0.2) is 0 Å². The summed E-state index contributed by atoms with van der Waals surface area (Å²) in [6.45, 7) is -0.235. The fourth-order valence-corrected chi connectivity index (χ4v) is 3.50. The minimum Gasteiger partial charge on any atom is -0.387 e. The number of hydrogen-bond acceptors (Lipinski definition) is 4. The maximum absolute atomic E-state index is 13.6. The monoisotopic (exact) mass is 335 g/mol. The highest BCUT2D eigenvalue weighted by Crippen LogP contribution is 2.20. The second kappa shape index (κ2) is 6.19. The SMILES string of the molecule is O=S(=O)(NCC(O)c1ccsc1)c1ccc(Cl)cc1F. The van der Waals surface area contributed by atoms with Crippen LogP contribution in [0, 0.1) is 5.82 Å². The summed E-state index contributed by atoms with van der Waals surface area (Å²) < 4.78 is 39.6. The molecule has 2 rings (SSSR count). The lowest BCUT2D eigenvalue weighted by Gasteiger charge is -2.11. The lowest BCUT2D eigenvalue weighted by molar-refractivity contribution is 0.182. The van der Waals surface area contributed by atoms with Crippen LogP contribution in [0.5, 0.6) is 0 Å². The van der Waals surface area contributed by atoms with E-state index in [0.717, 1.165) is 12.1 Å². The molecule has 4 nitrogen and oxygen atoms in total. The van der Waals surface area contributed by atoms with E-state index in [2.05, 4.69) is 4.72 Å². The number of sulfonamides is 1. The molecule has 1 aromatic carbocycles. The summed E-state index contributed by atoms with van der Waals surface area (Å²) in [5, 5.41) is 13.4. The first-order valence-electron chi connectivity index (χ1n) is 5.55. The number of aliphatic hydroxyl groups is 1. The van der Waals surface area contributed by atoms with Gasteiger partial charge >= 0.3 is 0 Å². The van der Waals surface area contributed by atoms with E-state index in [0.29, 0.717) is 5.56 Å². The van der Waals surface area contributed by atoms with Gasteiger partial charge in [0, 0.05) is 11.6 Å². The maximum Gasteiger partial charge on any atom is 0.243 e. The normalized spacial score (nSPS) is 13.3. The van der Waals surface area contributed by atoms with Crippen molar-refractivity contribution >= 4 is 33.0 Å². The topological polar surface area (TPSA) is 66.4 Å². The molecule has 2 aromatic rings. The van der Waals surface area contributed by atoms with Crippen molar-refractivity contribution in [2.45, 2.75) is 11.0 Å². The van der Waals surface area contributed by atoms with Crippen LogP contribution in [0.15, 0.2) is 39.9 Å². The van der Waals surface area contributed by atoms with Crippen molar-refractivity contribution in [3.8, 4) is 0 Å². The molecule has 0 bridgehead atoms. The summed E-state index contributed by atoms with van der Waals surface area (Å²) in [4.78, 5) is -0.501. The van der Waals surface area contributed by atoms with Crippen molar-refractivity contribution in [3.05, 3.63) is 51.4 Å². The van der Waals surface area contributed by atoms with Crippen LogP contribution < -0.4 is 4.72 Å². The number of hydrogen-bond donors (Lipinski definition) is 2. The molecule has 2 N–H and O–H groups in total. The average molecular weight is 336 g/mol. The van der Waals surface area contributed by atoms with Crippen molar-refractivity contribution in [3.63, 3.8) is 0 Å². The first-order chi connectivity index (χ1) is 9.40. The van der Waals surface area contributed by atoms with Crippen LogP contribution in [0.3, 0.4) is 0 Å². The third kappa shape index (κ3) is 3.56. The third-order valence-corrected chi connectivity index (χ3v) is 4.97. The average Bonchev–Trinajstić information content (AvgIpc) is 2.89. The van der Waals surface area contributed by atoms with Crippen molar-refractivity contribution in [1.29, 1.82) is 0 Å². The quantitative estimate of drug-likeness (QED) is 0.882. The number of thiophene rings is 1. The molecule has 1 unspecified atom stereocenters. The largest absolute Gasteiger partial charge is 0.387 e. The second-order valence-electron chi connectivity index (χ2n) is 4.00. The van der Waals surface area contributed by atoms with Gasteiger partial charge in [0.1, 0.15) is 10.7 Å². The number of rotatable bonds is 5. The van der Waals surface area contributed by atoms with Gasteiger partial charge < -0.3 is 5.11 Å². The molecule has 0 amide bonds. The Labute approximate surface area is 124 Å². The van der Waals surface area contributed by atoms with Crippen LogP contribution in [0.4, 0.5) is 4.39 Å². The summed E-state index contributed by atoms with van der Waals surface area (Å²) in [5.74, 6) is -0.935. The number of aliphatic hydroxyl groups excluding tert-OH is 1. The van der Waals surface area contributed by atoms with Gasteiger partial charge in [0.25, 0.3) is 0 Å². The summed E-state index contributed by atoms with van der Waals surface area (Å²) in [7, 11) is -4.03. The van der Waals surface area contributed by atoms with E-state index in [1.807, 2.05) is 0 Å². The fraction of sp³-hybridized carbons (Fsp3) is 0.167. The molecule has 0 aliphatic heterocycles. The van der Waals surface area contributed by atoms with Crippen LogP contribution in [0.25, 0.3) is 0 Å². The Morgan fingerprint density at radius 1 is 1.40 bits per heavy atom. The smallest absolute Gasteiger partial charge is 0.243 e. The third-order valence-electron chi connectivity index (χ3n) is 2.58. The first-order valence-corrected chi connectivity index (χ1v) is 8.35. The first kappa shape index (κ1) is 15.4. The van der Waals surface area contributed by atoms with Crippen molar-refractivity contribution in [1.82, 2.24) is 4.72 Å². The van der Waals surface area contributed by atoms with E-state index in [4.69, 9.17) is 11.6 Å². The predicted molar refractivity (Wildman–Crippen MR) is 75.9 cm³/mol. The molecule has 8 heteroatoms. The molecule has 0 fully saturated rings. The molecular formula is C12H11ClFNO3S2. The Hall–Kier alpha value is -0.990. The maximum atomic E-state index is 13.6. The lowest BCUT2D eigenvalue weighted by Crippen LogP contribution is -2.29. The minimum absolute atomic E-state index is 0.111. The Balaban J connectivity index is 2.11. The molecule has 20 heavy (non-hydrogen) atoms. The van der Waals surface area contributed by atoms with Gasteiger partial charge in [-0.25, -0.2) is 17.5 Å². The van der Waals surface area contributed by atoms with E-state index in [-0.39, 0.29) is 11.6 Å². The fourth-order valence-electron chi connectivity index (χ4n) is 1.54. The van der Waals surface area contributed by atoms with Gasteiger partial charge in [0.05, 0.1) is 6.10 Å². The number of nitrogens with one attached hydrogen (secondary N) is 1. The molecule has 0 radical (unpaired) electrons. The number of benzene rings is 1. The molecule has 1 heterocycles. The highest BCUT2D eigenvalue weighted by Gasteiger charge is 2.20. The molecule has 1 aromatic heterocycles. The van der Waals surface area contributed by atoms with E-state index in [1.54, 1.807) is 16.8 Å². The van der Waals surface area contributed by atoms with Gasteiger partial charge in [-0.2, -0.15) is 11.3 Å². The van der Waals surface area contributed by atoms with Crippen molar-refractivity contribution in [2.75, 3.05) is 6.54 Å². The number of halogens is 2. The molecular weight excluding hydrogens is 325 g/mol. The zero-order valence-corrected chi connectivity index (χ0v) is 12.5. The Kier molecular flexibility index (Phi) is 4.77. The molecule has 0 spiro atoms. The van der Waals surface area contributed by atoms with E-state index < -0.39 is 26.8 Å². The Morgan fingerprint density at radius 2 is 2.15 bits per heavy atom. The zero-order valence-electron chi connectivity index (χ0n) is 10.1. The summed E-state index contributed by atoms with van der Waals surface area (Å²) in [6, 6.07) is 4.98. The van der Waals surface area contributed by atoms with Crippen LogP contribution in [-0.4, -0.2) is 20.1 Å². The standard InChI is InChI=1S/C12H11ClFNO3S2/c13-9-1-2-12(10(14)5-9)20(17,18)15-6-11(16)8-3-4-19-7-8/h1-5,7,11,15-16H,6H2. The molecule has 0 saturated heterocycles. The minimum atomic E-state index is -4.03. The van der Waals surface area contributed by atoms with Crippen LogP contribution in [0.2, 0.25) is 5.02 Å². The van der Waals surface area contributed by atoms with Gasteiger partial charge in [-0.1, -0.05) is 11.6 Å². The van der Waals surface area contributed by atoms with E-state index in [1.165, 1.54) is 17.4 Å². The highest BCUT2D eigenvalue weighted by atomic mass is 35.5. The van der Waals surface area contributed by atoms with E-state index >= 15 is 0 Å². The summed E-state index contributed by atoms with van der Waals surface area (Å²) >= 11 is 6.96. The summed E-state index contributed by atoms with van der Waals surface area (Å²) in [5.41, 5.74) is 0.606. The lowest BCUT2D eigenvalue weighted by atomic mass is 10.2. The molecule has 0 saturated carbocycles. The van der Waals surface area contributed by atoms with Gasteiger partial charge in [0.2, 0.25) is 10.0 Å². The van der Waals surface area contributed by atoms with Crippen LogP contribution in [0.1, 0.15) is 11.7 Å². The van der Waals surface area contributed by atoms with Gasteiger partial charge in [-0.3, -0.25) is 0 Å². The molecule has 0 aliphatic carbocycles. The van der Waals surface area contributed by atoms with Gasteiger partial charge in [-0.15, -0.1) is 0 Å². The van der Waals surface area contributed by atoms with Crippen molar-refractivity contribution < 1.29 is 17.9 Å². The Bertz CT molecular complexity index is 689. The molecule has 1 atom stereocenters. The molecule has 0 aliphatic rings. The van der Waals surface area contributed by atoms with E-state index in [9.17, 15) is 17.9 Å². The van der Waals surface area contributed by atoms with Crippen LogP contribution in [-0.2, 0) is 10.0 Å². The Morgan fingerprint density at radius 3 is 2.75 bits per heavy atom. The highest BCUT2D eigenvalue weighted by molar-refractivity contribution is 7.89.